The molecule has 0 radical (unpaired) electrons. The number of nitrogens with two attached hydrogens (primary N) is 1. The fourth-order valence-corrected chi connectivity index (χ4v) is 2.54. The molecule has 0 aromatic rings. The minimum absolute atomic E-state index is 0.0689. The summed E-state index contributed by atoms with van der Waals surface area (Å²) in [5, 5.41) is 11.4. The van der Waals surface area contributed by atoms with Crippen LogP contribution in [-0.2, 0) is 9.59 Å². The number of aliphatic carboxylic acids is 1. The van der Waals surface area contributed by atoms with Crippen LogP contribution in [0.4, 0.5) is 0 Å². The average molecular weight is 256 g/mol. The zero-order chi connectivity index (χ0) is 13.8. The lowest BCUT2D eigenvalue weighted by molar-refractivity contribution is -0.140. The van der Waals surface area contributed by atoms with E-state index in [1.54, 1.807) is 0 Å². The molecule has 1 unspecified atom stereocenters. The number of carbonyl (C=O) groups is 2. The van der Waals surface area contributed by atoms with Gasteiger partial charge >= 0.3 is 5.97 Å². The van der Waals surface area contributed by atoms with E-state index in [1.807, 2.05) is 0 Å². The van der Waals surface area contributed by atoms with Crippen molar-refractivity contribution in [3.05, 3.63) is 0 Å². The summed E-state index contributed by atoms with van der Waals surface area (Å²) in [7, 11) is 0. The molecule has 1 rings (SSSR count). The van der Waals surface area contributed by atoms with Crippen molar-refractivity contribution in [1.29, 1.82) is 0 Å². The van der Waals surface area contributed by atoms with Crippen LogP contribution in [-0.4, -0.2) is 29.6 Å². The second kappa shape index (κ2) is 6.18. The number of amides is 1. The van der Waals surface area contributed by atoms with Crippen LogP contribution in [0.25, 0.3) is 0 Å². The molecule has 18 heavy (non-hydrogen) atoms. The van der Waals surface area contributed by atoms with Gasteiger partial charge < -0.3 is 16.2 Å². The second-order valence-corrected chi connectivity index (χ2v) is 5.90. The molecule has 1 aliphatic carbocycles. The average Bonchev–Trinajstić information content (AvgIpc) is 2.80. The van der Waals surface area contributed by atoms with Gasteiger partial charge in [-0.15, -0.1) is 0 Å². The fraction of sp³-hybridized carbons (Fsp3) is 0.846. The molecule has 1 aliphatic rings. The molecule has 5 nitrogen and oxygen atoms in total. The fourth-order valence-electron chi connectivity index (χ4n) is 2.54. The largest absolute Gasteiger partial charge is 0.480 e. The first-order valence-corrected chi connectivity index (χ1v) is 6.58. The van der Waals surface area contributed by atoms with Crippen molar-refractivity contribution in [3.63, 3.8) is 0 Å². The number of carbonyl (C=O) groups excluding carboxylic acids is 1. The first-order valence-electron chi connectivity index (χ1n) is 6.58. The lowest BCUT2D eigenvalue weighted by Crippen LogP contribution is -2.41. The lowest BCUT2D eigenvalue weighted by atomic mass is 9.77. The Bertz CT molecular complexity index is 309. The molecule has 1 amide bonds. The van der Waals surface area contributed by atoms with Gasteiger partial charge in [-0.25, -0.2) is 0 Å². The van der Waals surface area contributed by atoms with E-state index < -0.39 is 12.0 Å². The third-order valence-corrected chi connectivity index (χ3v) is 3.92. The van der Waals surface area contributed by atoms with Gasteiger partial charge in [0.1, 0.15) is 6.04 Å². The highest BCUT2D eigenvalue weighted by Gasteiger charge is 2.32. The van der Waals surface area contributed by atoms with Crippen molar-refractivity contribution in [1.82, 2.24) is 5.32 Å². The number of carboxylic acids is 1. The van der Waals surface area contributed by atoms with E-state index in [4.69, 9.17) is 10.8 Å². The molecule has 0 heterocycles. The molecule has 0 aromatic carbocycles. The molecule has 0 aliphatic heterocycles. The van der Waals surface area contributed by atoms with E-state index in [0.717, 1.165) is 0 Å². The summed E-state index contributed by atoms with van der Waals surface area (Å²) >= 11 is 0. The van der Waals surface area contributed by atoms with Crippen molar-refractivity contribution in [2.75, 3.05) is 6.54 Å². The molecular formula is C13H24N2O3. The maximum Gasteiger partial charge on any atom is 0.321 e. The normalized spacial score (nSPS) is 18.6. The summed E-state index contributed by atoms with van der Waals surface area (Å²) in [6.45, 7) is 4.89. The summed E-state index contributed by atoms with van der Waals surface area (Å²) in [6, 6.07) is -1.11. The topological polar surface area (TPSA) is 92.4 Å². The minimum atomic E-state index is -1.14. The molecular weight excluding hydrogens is 232 g/mol. The summed E-state index contributed by atoms with van der Waals surface area (Å²) in [5.74, 6) is -0.776. The standard InChI is InChI=1S/C13H24N2O3/c1-13(2,9-5-3-4-6-9)8-15-11(16)7-10(14)12(17)18/h9-10H,3-8,14H2,1-2H3,(H,15,16)(H,17,18). The first-order chi connectivity index (χ1) is 8.33. The van der Waals surface area contributed by atoms with Crippen LogP contribution in [0.1, 0.15) is 46.0 Å². The first kappa shape index (κ1) is 15.0. The van der Waals surface area contributed by atoms with Crippen LogP contribution < -0.4 is 11.1 Å². The Hall–Kier alpha value is -1.10. The SMILES string of the molecule is CC(C)(CNC(=O)CC(N)C(=O)O)C1CCCC1. The van der Waals surface area contributed by atoms with Crippen LogP contribution >= 0.6 is 0 Å². The highest BCUT2D eigenvalue weighted by Crippen LogP contribution is 2.38. The molecule has 0 spiro atoms. The van der Waals surface area contributed by atoms with Crippen LogP contribution in [0.2, 0.25) is 0 Å². The molecule has 0 aromatic heterocycles. The van der Waals surface area contributed by atoms with Gasteiger partial charge in [-0.1, -0.05) is 26.7 Å². The van der Waals surface area contributed by atoms with Gasteiger partial charge in [0.2, 0.25) is 5.91 Å². The molecule has 0 saturated heterocycles. The van der Waals surface area contributed by atoms with E-state index in [2.05, 4.69) is 19.2 Å². The zero-order valence-electron chi connectivity index (χ0n) is 11.2. The van der Waals surface area contributed by atoms with E-state index in [-0.39, 0.29) is 17.7 Å². The highest BCUT2D eigenvalue weighted by atomic mass is 16.4. The van der Waals surface area contributed by atoms with Crippen LogP contribution in [0, 0.1) is 11.3 Å². The maximum atomic E-state index is 11.6. The third kappa shape index (κ3) is 4.29. The monoisotopic (exact) mass is 256 g/mol. The number of nitrogens with one attached hydrogen (secondary N) is 1. The van der Waals surface area contributed by atoms with Gasteiger partial charge in [0, 0.05) is 6.54 Å². The molecule has 4 N–H and O–H groups in total. The van der Waals surface area contributed by atoms with Gasteiger partial charge in [-0.2, -0.15) is 0 Å². The molecule has 1 fully saturated rings. The zero-order valence-corrected chi connectivity index (χ0v) is 11.2. The number of hydrogen-bond acceptors (Lipinski definition) is 3. The Balaban J connectivity index is 2.34. The van der Waals surface area contributed by atoms with E-state index >= 15 is 0 Å². The van der Waals surface area contributed by atoms with Gasteiger partial charge in [0.15, 0.2) is 0 Å². The van der Waals surface area contributed by atoms with Crippen molar-refractivity contribution in [2.24, 2.45) is 17.1 Å². The third-order valence-electron chi connectivity index (χ3n) is 3.92. The van der Waals surface area contributed by atoms with Gasteiger partial charge in [0.05, 0.1) is 6.42 Å². The molecule has 104 valence electrons. The second-order valence-electron chi connectivity index (χ2n) is 5.90. The number of carboxylic acid groups (broad SMARTS) is 1. The van der Waals surface area contributed by atoms with Gasteiger partial charge in [-0.05, 0) is 24.2 Å². The summed E-state index contributed by atoms with van der Waals surface area (Å²) in [5.41, 5.74) is 5.39. The number of rotatable bonds is 6. The smallest absolute Gasteiger partial charge is 0.321 e. The van der Waals surface area contributed by atoms with Crippen molar-refractivity contribution >= 4 is 11.9 Å². The van der Waals surface area contributed by atoms with Crippen LogP contribution in [0.3, 0.4) is 0 Å². The molecule has 1 saturated carbocycles. The number of hydrogen-bond donors (Lipinski definition) is 3. The van der Waals surface area contributed by atoms with Crippen LogP contribution in [0.15, 0.2) is 0 Å². The Morgan fingerprint density at radius 1 is 1.39 bits per heavy atom. The van der Waals surface area contributed by atoms with E-state index in [9.17, 15) is 9.59 Å². The Labute approximate surface area is 108 Å². The maximum absolute atomic E-state index is 11.6. The molecule has 1 atom stereocenters. The van der Waals surface area contributed by atoms with E-state index in [0.29, 0.717) is 12.5 Å². The Morgan fingerprint density at radius 2 is 1.94 bits per heavy atom. The minimum Gasteiger partial charge on any atom is -0.480 e. The highest BCUT2D eigenvalue weighted by molar-refractivity contribution is 5.84. The van der Waals surface area contributed by atoms with Crippen molar-refractivity contribution in [3.8, 4) is 0 Å². The van der Waals surface area contributed by atoms with Gasteiger partial charge in [-0.3, -0.25) is 9.59 Å². The lowest BCUT2D eigenvalue weighted by Gasteiger charge is -2.31. The Kier molecular flexibility index (Phi) is 5.14. The summed E-state index contributed by atoms with van der Waals surface area (Å²) in [4.78, 5) is 22.1. The van der Waals surface area contributed by atoms with Crippen molar-refractivity contribution < 1.29 is 14.7 Å². The predicted octanol–water partition coefficient (Wildman–Crippen LogP) is 1.12. The van der Waals surface area contributed by atoms with Crippen LogP contribution in [0.5, 0.6) is 0 Å². The Morgan fingerprint density at radius 3 is 2.44 bits per heavy atom. The van der Waals surface area contributed by atoms with E-state index in [1.165, 1.54) is 25.7 Å². The summed E-state index contributed by atoms with van der Waals surface area (Å²) < 4.78 is 0. The molecule has 0 bridgehead atoms. The van der Waals surface area contributed by atoms with Gasteiger partial charge in [0.25, 0.3) is 0 Å². The summed E-state index contributed by atoms with van der Waals surface area (Å²) in [6.07, 6.45) is 4.82. The predicted molar refractivity (Wildman–Crippen MR) is 69.0 cm³/mol. The quantitative estimate of drug-likeness (QED) is 0.664. The molecule has 5 heteroatoms. The van der Waals surface area contributed by atoms with Crippen molar-refractivity contribution in [2.45, 2.75) is 52.0 Å².